The van der Waals surface area contributed by atoms with Crippen molar-refractivity contribution < 1.29 is 34.1 Å². The summed E-state index contributed by atoms with van der Waals surface area (Å²) < 4.78 is 6.17. The molecule has 0 aromatic heterocycles. The monoisotopic (exact) mass is 760 g/mol. The number of hydrogen-bond acceptors (Lipinski definition) is 6. The number of allylic oxidation sites excluding steroid dienone is 1. The summed E-state index contributed by atoms with van der Waals surface area (Å²) in [5.74, 6) is -0.237. The minimum atomic E-state index is -1.18. The van der Waals surface area contributed by atoms with E-state index in [1.165, 1.54) is 5.57 Å². The molecule has 2 unspecified atom stereocenters. The Kier molecular flexibility index (Phi) is 10.9. The van der Waals surface area contributed by atoms with Crippen molar-refractivity contribution in [3.63, 3.8) is 0 Å². The van der Waals surface area contributed by atoms with E-state index in [0.717, 1.165) is 62.5 Å². The number of fused-ring (bicyclic) bond motifs is 7. The van der Waals surface area contributed by atoms with Crippen LogP contribution < -0.4 is 0 Å². The highest BCUT2D eigenvalue weighted by atomic mass is 16.5. The SMILES string of the molecule is CCC(=O)N(Cc1ccccc1)CC(O)C12CC[C@]3(C)[C@H](CC[C@@H]4[C@@]5(C)CC[C@H](OC(=O)CC(C)(C)C(=O)O)C(C)(C)[C@H]5CC[C@]43C)C1=C(C(C)C)C(=O)C2. The molecule has 1 amide bonds. The summed E-state index contributed by atoms with van der Waals surface area (Å²) >= 11 is 0. The van der Waals surface area contributed by atoms with Crippen molar-refractivity contribution in [2.45, 2.75) is 159 Å². The molecule has 0 aliphatic heterocycles. The second-order valence-electron chi connectivity index (χ2n) is 20.7. The molecule has 1 aromatic carbocycles. The summed E-state index contributed by atoms with van der Waals surface area (Å²) in [4.78, 5) is 54.3. The van der Waals surface area contributed by atoms with Crippen LogP contribution in [0.5, 0.6) is 0 Å². The van der Waals surface area contributed by atoms with Gasteiger partial charge in [0.1, 0.15) is 6.10 Å². The van der Waals surface area contributed by atoms with E-state index >= 15 is 0 Å². The Bertz CT molecular complexity index is 1710. The molecule has 9 atom stereocenters. The van der Waals surface area contributed by atoms with Gasteiger partial charge >= 0.3 is 11.9 Å². The topological polar surface area (TPSA) is 121 Å². The number of carboxylic acids is 1. The van der Waals surface area contributed by atoms with Crippen molar-refractivity contribution in [3.8, 4) is 0 Å². The number of Topliss-reactive ketones (excluding diaryl/α,β-unsaturated/α-hetero) is 1. The third-order valence-electron chi connectivity index (χ3n) is 16.8. The van der Waals surface area contributed by atoms with E-state index in [0.29, 0.717) is 31.2 Å². The van der Waals surface area contributed by atoms with Crippen LogP contribution in [0.25, 0.3) is 0 Å². The van der Waals surface area contributed by atoms with Crippen LogP contribution in [0, 0.1) is 56.2 Å². The van der Waals surface area contributed by atoms with E-state index in [4.69, 9.17) is 4.74 Å². The number of aliphatic carboxylic acids is 1. The molecule has 8 nitrogen and oxygen atoms in total. The number of aliphatic hydroxyl groups is 1. The van der Waals surface area contributed by atoms with Crippen molar-refractivity contribution in [2.24, 2.45) is 56.2 Å². The molecule has 4 saturated carbocycles. The van der Waals surface area contributed by atoms with Crippen molar-refractivity contribution >= 4 is 23.6 Å². The highest BCUT2D eigenvalue weighted by Gasteiger charge is 2.71. The molecule has 5 aliphatic carbocycles. The van der Waals surface area contributed by atoms with Gasteiger partial charge in [-0.05, 0) is 116 Å². The normalized spacial score (nSPS) is 36.0. The molecule has 4 fully saturated rings. The molecule has 0 heterocycles. The predicted octanol–water partition coefficient (Wildman–Crippen LogP) is 9.18. The lowest BCUT2D eigenvalue weighted by Crippen LogP contribution is -2.66. The first-order valence-electron chi connectivity index (χ1n) is 21.3. The van der Waals surface area contributed by atoms with Gasteiger partial charge in [-0.1, -0.05) is 91.3 Å². The number of amides is 1. The van der Waals surface area contributed by atoms with Crippen LogP contribution in [0.1, 0.15) is 145 Å². The number of nitrogens with zero attached hydrogens (tertiary/aromatic N) is 1. The maximum atomic E-state index is 14.2. The quantitative estimate of drug-likeness (QED) is 0.216. The Balaban J connectivity index is 1.30. The zero-order chi connectivity index (χ0) is 40.5. The number of carbonyl (C=O) groups excluding carboxylic acids is 3. The highest BCUT2D eigenvalue weighted by molar-refractivity contribution is 6.00. The molecule has 55 heavy (non-hydrogen) atoms. The van der Waals surface area contributed by atoms with E-state index in [1.807, 2.05) is 37.3 Å². The van der Waals surface area contributed by atoms with E-state index in [9.17, 15) is 29.4 Å². The van der Waals surface area contributed by atoms with Gasteiger partial charge in [-0.3, -0.25) is 19.2 Å². The van der Waals surface area contributed by atoms with E-state index < -0.39 is 28.9 Å². The van der Waals surface area contributed by atoms with E-state index in [1.54, 1.807) is 18.7 Å². The lowest BCUT2D eigenvalue weighted by molar-refractivity contribution is -0.235. The second-order valence-corrected chi connectivity index (χ2v) is 20.7. The first kappa shape index (κ1) is 41.6. The number of esters is 1. The lowest BCUT2D eigenvalue weighted by atomic mass is 9.33. The molecule has 0 spiro atoms. The second kappa shape index (κ2) is 14.4. The standard InChI is InChI=1S/C47H69NO7/c1-11-37(51)48(27-30-15-13-12-14-16-30)28-35(50)47-24-23-45(9)31(40(47)39(29(2)3)32(49)25-47)17-18-34-44(8)21-20-36(55-38(52)26-42(4,5)41(53)54)43(6,7)33(44)19-22-46(34,45)10/h12-16,29,31,33-36,50H,11,17-28H2,1-10H3,(H,53,54)/t31-,33-,34-,35?,36+,44+,45-,46-,47?/m1/s1. The number of carbonyl (C=O) groups is 4. The van der Waals surface area contributed by atoms with Crippen LogP contribution >= 0.6 is 0 Å². The van der Waals surface area contributed by atoms with Crippen LogP contribution in [0.2, 0.25) is 0 Å². The zero-order valence-electron chi connectivity index (χ0n) is 35.4. The maximum Gasteiger partial charge on any atom is 0.309 e. The smallest absolute Gasteiger partial charge is 0.309 e. The minimum absolute atomic E-state index is 0.00162. The third-order valence-corrected chi connectivity index (χ3v) is 16.8. The van der Waals surface area contributed by atoms with Gasteiger partial charge in [0, 0.05) is 36.8 Å². The highest BCUT2D eigenvalue weighted by Crippen LogP contribution is 2.77. The van der Waals surface area contributed by atoms with Crippen molar-refractivity contribution in [1.29, 1.82) is 0 Å². The molecule has 8 heteroatoms. The summed E-state index contributed by atoms with van der Waals surface area (Å²) in [5, 5.41) is 22.1. The van der Waals surface area contributed by atoms with E-state index in [2.05, 4.69) is 48.5 Å². The average Bonchev–Trinajstić information content (AvgIpc) is 3.42. The maximum absolute atomic E-state index is 14.2. The molecular weight excluding hydrogens is 691 g/mol. The summed E-state index contributed by atoms with van der Waals surface area (Å²) in [6.45, 7) is 22.0. The molecule has 2 N–H and O–H groups in total. The fourth-order valence-electron chi connectivity index (χ4n) is 13.6. The summed E-state index contributed by atoms with van der Waals surface area (Å²) in [7, 11) is 0. The van der Waals surface area contributed by atoms with Gasteiger partial charge in [-0.2, -0.15) is 0 Å². The summed E-state index contributed by atoms with van der Waals surface area (Å²) in [6, 6.07) is 9.96. The number of ether oxygens (including phenoxy) is 1. The number of ketones is 1. The molecule has 6 rings (SSSR count). The molecule has 0 radical (unpaired) electrons. The summed E-state index contributed by atoms with van der Waals surface area (Å²) in [5.41, 5.74) is 1.00. The van der Waals surface area contributed by atoms with Crippen LogP contribution in [-0.2, 0) is 30.5 Å². The van der Waals surface area contributed by atoms with E-state index in [-0.39, 0.29) is 64.3 Å². The number of benzene rings is 1. The first-order valence-corrected chi connectivity index (χ1v) is 21.3. The minimum Gasteiger partial charge on any atom is -0.481 e. The Morgan fingerprint density at radius 2 is 1.58 bits per heavy atom. The summed E-state index contributed by atoms with van der Waals surface area (Å²) in [6.07, 6.45) is 6.86. The average molecular weight is 760 g/mol. The Morgan fingerprint density at radius 3 is 2.20 bits per heavy atom. The van der Waals surface area contributed by atoms with Crippen LogP contribution in [0.15, 0.2) is 41.5 Å². The number of carboxylic acid groups (broad SMARTS) is 1. The van der Waals surface area contributed by atoms with Crippen molar-refractivity contribution in [1.82, 2.24) is 4.90 Å². The zero-order valence-corrected chi connectivity index (χ0v) is 35.4. The molecule has 5 aliphatic rings. The fourth-order valence-corrected chi connectivity index (χ4v) is 13.6. The largest absolute Gasteiger partial charge is 0.481 e. The third kappa shape index (κ3) is 6.62. The van der Waals surface area contributed by atoms with Gasteiger partial charge < -0.3 is 19.8 Å². The number of hydrogen-bond donors (Lipinski definition) is 2. The molecular formula is C47H69NO7. The van der Waals surface area contributed by atoms with Crippen LogP contribution in [0.4, 0.5) is 0 Å². The van der Waals surface area contributed by atoms with Gasteiger partial charge in [0.25, 0.3) is 0 Å². The molecule has 1 aromatic rings. The Labute approximate surface area is 330 Å². The molecule has 0 bridgehead atoms. The molecule has 0 saturated heterocycles. The lowest BCUT2D eigenvalue weighted by Gasteiger charge is -2.72. The number of aliphatic hydroxyl groups excluding tert-OH is 1. The van der Waals surface area contributed by atoms with Gasteiger partial charge in [-0.15, -0.1) is 0 Å². The van der Waals surface area contributed by atoms with Crippen LogP contribution in [0.3, 0.4) is 0 Å². The van der Waals surface area contributed by atoms with Gasteiger partial charge in [-0.25, -0.2) is 0 Å². The fraction of sp³-hybridized carbons (Fsp3) is 0.745. The van der Waals surface area contributed by atoms with Crippen molar-refractivity contribution in [2.75, 3.05) is 6.54 Å². The Hall–Kier alpha value is -3.00. The number of rotatable bonds is 11. The van der Waals surface area contributed by atoms with Crippen LogP contribution in [-0.4, -0.2) is 57.5 Å². The molecule has 304 valence electrons. The van der Waals surface area contributed by atoms with Gasteiger partial charge in [0.2, 0.25) is 5.91 Å². The first-order chi connectivity index (χ1) is 25.6. The predicted molar refractivity (Wildman–Crippen MR) is 213 cm³/mol. The Morgan fingerprint density at radius 1 is 0.909 bits per heavy atom. The van der Waals surface area contributed by atoms with Crippen molar-refractivity contribution in [3.05, 3.63) is 47.0 Å². The van der Waals surface area contributed by atoms with Gasteiger partial charge in [0.05, 0.1) is 17.9 Å². The van der Waals surface area contributed by atoms with Gasteiger partial charge in [0.15, 0.2) is 5.78 Å².